The van der Waals surface area contributed by atoms with E-state index in [4.69, 9.17) is 9.47 Å². The molecule has 21 heavy (non-hydrogen) atoms. The van der Waals surface area contributed by atoms with Crippen LogP contribution in [-0.2, 0) is 4.74 Å². The number of rotatable bonds is 7. The molecule has 0 spiro atoms. The maximum atomic E-state index is 11.5. The molecular formula is C18H22O3. The van der Waals surface area contributed by atoms with Crippen LogP contribution in [0.4, 0.5) is 0 Å². The third-order valence-corrected chi connectivity index (χ3v) is 3.50. The van der Waals surface area contributed by atoms with Crippen molar-refractivity contribution in [1.82, 2.24) is 0 Å². The van der Waals surface area contributed by atoms with E-state index in [1.54, 1.807) is 6.07 Å². The van der Waals surface area contributed by atoms with Gasteiger partial charge in [-0.15, -0.1) is 0 Å². The Morgan fingerprint density at radius 2 is 1.76 bits per heavy atom. The summed E-state index contributed by atoms with van der Waals surface area (Å²) in [6.07, 6.45) is 4.80. The van der Waals surface area contributed by atoms with Crippen molar-refractivity contribution in [3.8, 4) is 5.75 Å². The normalized spacial score (nSPS) is 10.6. The Morgan fingerprint density at radius 3 is 2.52 bits per heavy atom. The molecule has 0 heterocycles. The molecule has 0 saturated carbocycles. The maximum Gasteiger partial charge on any atom is 0.337 e. The van der Waals surface area contributed by atoms with Crippen LogP contribution in [0.1, 0.15) is 43.0 Å². The van der Waals surface area contributed by atoms with Crippen LogP contribution in [0.15, 0.2) is 36.4 Å². The second-order valence-electron chi connectivity index (χ2n) is 5.12. The van der Waals surface area contributed by atoms with Gasteiger partial charge in [-0.3, -0.25) is 0 Å². The molecule has 0 bridgehead atoms. The Hall–Kier alpha value is -2.03. The molecule has 0 aliphatic rings. The van der Waals surface area contributed by atoms with Gasteiger partial charge in [-0.1, -0.05) is 38.3 Å². The second-order valence-corrected chi connectivity index (χ2v) is 5.12. The fourth-order valence-corrected chi connectivity index (χ4v) is 2.28. The Balaban J connectivity index is 2.03. The van der Waals surface area contributed by atoms with E-state index in [0.717, 1.165) is 29.5 Å². The quantitative estimate of drug-likeness (QED) is 0.552. The minimum atomic E-state index is -0.312. The Morgan fingerprint density at radius 1 is 1.00 bits per heavy atom. The average molecular weight is 286 g/mol. The van der Waals surface area contributed by atoms with Crippen molar-refractivity contribution in [2.24, 2.45) is 0 Å². The summed E-state index contributed by atoms with van der Waals surface area (Å²) in [6, 6.07) is 11.5. The summed E-state index contributed by atoms with van der Waals surface area (Å²) < 4.78 is 10.5. The lowest BCUT2D eigenvalue weighted by Crippen LogP contribution is -2.00. The Labute approximate surface area is 125 Å². The molecule has 0 unspecified atom stereocenters. The van der Waals surface area contributed by atoms with E-state index in [-0.39, 0.29) is 5.97 Å². The van der Waals surface area contributed by atoms with Crippen LogP contribution in [0.2, 0.25) is 0 Å². The first kappa shape index (κ1) is 15.4. The maximum absolute atomic E-state index is 11.5. The zero-order valence-corrected chi connectivity index (χ0v) is 12.7. The highest BCUT2D eigenvalue weighted by Crippen LogP contribution is 2.22. The van der Waals surface area contributed by atoms with Crippen LogP contribution in [0.5, 0.6) is 5.75 Å². The van der Waals surface area contributed by atoms with Crippen molar-refractivity contribution in [2.75, 3.05) is 13.7 Å². The number of ether oxygens (including phenoxy) is 2. The zero-order chi connectivity index (χ0) is 15.1. The monoisotopic (exact) mass is 286 g/mol. The summed E-state index contributed by atoms with van der Waals surface area (Å²) in [6.45, 7) is 2.96. The SMILES string of the molecule is CCCCCCOc1ccc2cc(C(=O)OC)ccc2c1. The summed E-state index contributed by atoms with van der Waals surface area (Å²) in [5.41, 5.74) is 0.568. The van der Waals surface area contributed by atoms with Gasteiger partial charge in [0.15, 0.2) is 0 Å². The van der Waals surface area contributed by atoms with E-state index in [2.05, 4.69) is 6.92 Å². The fourth-order valence-electron chi connectivity index (χ4n) is 2.28. The number of unbranched alkanes of at least 4 members (excludes halogenated alkanes) is 3. The molecule has 3 heteroatoms. The summed E-state index contributed by atoms with van der Waals surface area (Å²) in [4.78, 5) is 11.5. The van der Waals surface area contributed by atoms with Crippen LogP contribution in [0.3, 0.4) is 0 Å². The number of benzene rings is 2. The van der Waals surface area contributed by atoms with Crippen molar-refractivity contribution in [3.05, 3.63) is 42.0 Å². The van der Waals surface area contributed by atoms with Crippen LogP contribution < -0.4 is 4.74 Å². The number of methoxy groups -OCH3 is 1. The van der Waals surface area contributed by atoms with Crippen molar-refractivity contribution < 1.29 is 14.3 Å². The summed E-state index contributed by atoms with van der Waals surface area (Å²) in [7, 11) is 1.39. The molecule has 0 fully saturated rings. The molecule has 0 aliphatic heterocycles. The molecule has 2 aromatic rings. The molecular weight excluding hydrogens is 264 g/mol. The molecule has 112 valence electrons. The van der Waals surface area contributed by atoms with E-state index >= 15 is 0 Å². The predicted molar refractivity (Wildman–Crippen MR) is 84.9 cm³/mol. The van der Waals surface area contributed by atoms with Crippen LogP contribution in [0.25, 0.3) is 10.8 Å². The highest BCUT2D eigenvalue weighted by Gasteiger charge is 2.06. The molecule has 0 aliphatic carbocycles. The molecule has 0 radical (unpaired) electrons. The first-order chi connectivity index (χ1) is 10.2. The minimum Gasteiger partial charge on any atom is -0.494 e. The van der Waals surface area contributed by atoms with Gasteiger partial charge in [0.2, 0.25) is 0 Å². The number of carbonyl (C=O) groups is 1. The summed E-state index contributed by atoms with van der Waals surface area (Å²) in [5.74, 6) is 0.568. The molecule has 2 rings (SSSR count). The first-order valence-electron chi connectivity index (χ1n) is 7.49. The molecule has 0 aromatic heterocycles. The second kappa shape index (κ2) is 7.67. The number of hydrogen-bond acceptors (Lipinski definition) is 3. The lowest BCUT2D eigenvalue weighted by molar-refractivity contribution is 0.0601. The molecule has 0 N–H and O–H groups in total. The van der Waals surface area contributed by atoms with Crippen molar-refractivity contribution >= 4 is 16.7 Å². The number of esters is 1. The average Bonchev–Trinajstić information content (AvgIpc) is 2.53. The summed E-state index contributed by atoms with van der Waals surface area (Å²) >= 11 is 0. The molecule has 3 nitrogen and oxygen atoms in total. The highest BCUT2D eigenvalue weighted by molar-refractivity contribution is 5.95. The Kier molecular flexibility index (Phi) is 5.61. The fraction of sp³-hybridized carbons (Fsp3) is 0.389. The lowest BCUT2D eigenvalue weighted by atomic mass is 10.1. The summed E-state index contributed by atoms with van der Waals surface area (Å²) in [5, 5.41) is 2.07. The van der Waals surface area contributed by atoms with E-state index in [1.165, 1.54) is 26.4 Å². The molecule has 0 atom stereocenters. The molecule has 0 saturated heterocycles. The van der Waals surface area contributed by atoms with E-state index in [9.17, 15) is 4.79 Å². The van der Waals surface area contributed by atoms with Gasteiger partial charge in [0.05, 0.1) is 19.3 Å². The van der Waals surface area contributed by atoms with E-state index in [1.807, 2.05) is 30.3 Å². The van der Waals surface area contributed by atoms with Gasteiger partial charge in [-0.2, -0.15) is 0 Å². The lowest BCUT2D eigenvalue weighted by Gasteiger charge is -2.08. The highest BCUT2D eigenvalue weighted by atomic mass is 16.5. The topological polar surface area (TPSA) is 35.5 Å². The minimum absolute atomic E-state index is 0.312. The third-order valence-electron chi connectivity index (χ3n) is 3.50. The van der Waals surface area contributed by atoms with E-state index < -0.39 is 0 Å². The largest absolute Gasteiger partial charge is 0.494 e. The first-order valence-corrected chi connectivity index (χ1v) is 7.49. The number of fused-ring (bicyclic) bond motifs is 1. The smallest absolute Gasteiger partial charge is 0.337 e. The van der Waals surface area contributed by atoms with Gasteiger partial charge in [-0.25, -0.2) is 4.79 Å². The van der Waals surface area contributed by atoms with Gasteiger partial charge in [-0.05, 0) is 41.5 Å². The van der Waals surface area contributed by atoms with Gasteiger partial charge in [0.25, 0.3) is 0 Å². The molecule has 2 aromatic carbocycles. The molecule has 0 amide bonds. The predicted octanol–water partition coefficient (Wildman–Crippen LogP) is 4.59. The van der Waals surface area contributed by atoms with Crippen LogP contribution in [-0.4, -0.2) is 19.7 Å². The van der Waals surface area contributed by atoms with Gasteiger partial charge >= 0.3 is 5.97 Å². The van der Waals surface area contributed by atoms with Gasteiger partial charge < -0.3 is 9.47 Å². The van der Waals surface area contributed by atoms with Gasteiger partial charge in [0.1, 0.15) is 5.75 Å². The Bertz CT molecular complexity index is 604. The third kappa shape index (κ3) is 4.22. The standard InChI is InChI=1S/C18H22O3/c1-3-4-5-6-11-21-17-10-9-14-12-16(18(19)20-2)8-7-15(14)13-17/h7-10,12-13H,3-6,11H2,1-2H3. The van der Waals surface area contributed by atoms with Crippen molar-refractivity contribution in [2.45, 2.75) is 32.6 Å². The van der Waals surface area contributed by atoms with Gasteiger partial charge in [0, 0.05) is 0 Å². The number of hydrogen-bond donors (Lipinski definition) is 0. The van der Waals surface area contributed by atoms with Crippen LogP contribution >= 0.6 is 0 Å². The zero-order valence-electron chi connectivity index (χ0n) is 12.7. The number of carbonyl (C=O) groups excluding carboxylic acids is 1. The van der Waals surface area contributed by atoms with E-state index in [0.29, 0.717) is 5.56 Å². The van der Waals surface area contributed by atoms with Crippen molar-refractivity contribution in [1.29, 1.82) is 0 Å². The van der Waals surface area contributed by atoms with Crippen molar-refractivity contribution in [3.63, 3.8) is 0 Å². The van der Waals surface area contributed by atoms with Crippen LogP contribution in [0, 0.1) is 0 Å².